The van der Waals surface area contributed by atoms with Gasteiger partial charge >= 0.3 is 12.1 Å². The molecule has 0 radical (unpaired) electrons. The van der Waals surface area contributed by atoms with Crippen molar-refractivity contribution < 1.29 is 22.7 Å². The standard InChI is InChI=1S/C13H7BrClF3N2O2/c1-6(21)22-12-10(13(16,17)18)20-11(14)9(19-12)7-2-4-8(15)5-3-7/h2-5H,1H3. The van der Waals surface area contributed by atoms with Crippen LogP contribution in [0.1, 0.15) is 12.6 Å². The zero-order valence-electron chi connectivity index (χ0n) is 10.9. The summed E-state index contributed by atoms with van der Waals surface area (Å²) >= 11 is 8.71. The zero-order chi connectivity index (χ0) is 16.5. The highest BCUT2D eigenvalue weighted by Crippen LogP contribution is 2.37. The topological polar surface area (TPSA) is 52.1 Å². The van der Waals surface area contributed by atoms with Crippen LogP contribution in [0, 0.1) is 0 Å². The number of hydrogen-bond donors (Lipinski definition) is 0. The molecular formula is C13H7BrClF3N2O2. The molecule has 116 valence electrons. The molecule has 0 atom stereocenters. The second kappa shape index (κ2) is 6.21. The predicted octanol–water partition coefficient (Wildman–Crippen LogP) is 4.50. The van der Waals surface area contributed by atoms with Crippen LogP contribution < -0.4 is 4.74 Å². The Hall–Kier alpha value is -1.67. The van der Waals surface area contributed by atoms with Crippen LogP contribution in [0.15, 0.2) is 28.9 Å². The number of rotatable bonds is 2. The van der Waals surface area contributed by atoms with Crippen molar-refractivity contribution in [1.82, 2.24) is 9.97 Å². The minimum atomic E-state index is -4.81. The summed E-state index contributed by atoms with van der Waals surface area (Å²) in [6.07, 6.45) is -4.81. The second-order valence-electron chi connectivity index (χ2n) is 4.12. The van der Waals surface area contributed by atoms with Gasteiger partial charge < -0.3 is 4.74 Å². The highest BCUT2D eigenvalue weighted by atomic mass is 79.9. The number of nitrogens with zero attached hydrogens (tertiary/aromatic N) is 2. The molecule has 0 aliphatic heterocycles. The third-order valence-electron chi connectivity index (χ3n) is 2.45. The molecule has 0 spiro atoms. The van der Waals surface area contributed by atoms with Crippen molar-refractivity contribution in [3.8, 4) is 17.1 Å². The first-order chi connectivity index (χ1) is 10.2. The van der Waals surface area contributed by atoms with Gasteiger partial charge in [0.2, 0.25) is 5.69 Å². The first kappa shape index (κ1) is 16.7. The molecule has 1 aromatic heterocycles. The molecule has 2 aromatic rings. The fourth-order valence-corrected chi connectivity index (χ4v) is 2.20. The Bertz CT molecular complexity index is 720. The number of ether oxygens (including phenoxy) is 1. The largest absolute Gasteiger partial charge is 0.438 e. The highest BCUT2D eigenvalue weighted by molar-refractivity contribution is 9.10. The maximum Gasteiger partial charge on any atom is 0.438 e. The van der Waals surface area contributed by atoms with Gasteiger partial charge in [0.15, 0.2) is 0 Å². The van der Waals surface area contributed by atoms with Crippen LogP contribution in [-0.2, 0) is 11.0 Å². The van der Waals surface area contributed by atoms with Gasteiger partial charge in [-0.1, -0.05) is 23.7 Å². The molecule has 0 bridgehead atoms. The van der Waals surface area contributed by atoms with Gasteiger partial charge in [0.05, 0.1) is 0 Å². The van der Waals surface area contributed by atoms with Crippen LogP contribution >= 0.6 is 27.5 Å². The third-order valence-corrected chi connectivity index (χ3v) is 3.25. The number of carbonyl (C=O) groups is 1. The summed E-state index contributed by atoms with van der Waals surface area (Å²) in [5.41, 5.74) is -0.820. The van der Waals surface area contributed by atoms with E-state index in [2.05, 4.69) is 30.6 Å². The molecule has 0 amide bonds. The van der Waals surface area contributed by atoms with Gasteiger partial charge in [0, 0.05) is 17.5 Å². The van der Waals surface area contributed by atoms with E-state index in [1.54, 1.807) is 24.3 Å². The number of esters is 1. The van der Waals surface area contributed by atoms with Crippen LogP contribution in [0.2, 0.25) is 5.02 Å². The van der Waals surface area contributed by atoms with E-state index in [4.69, 9.17) is 11.6 Å². The number of benzene rings is 1. The van der Waals surface area contributed by atoms with Gasteiger partial charge in [0.1, 0.15) is 10.3 Å². The number of halogens is 5. The fraction of sp³-hybridized carbons (Fsp3) is 0.154. The molecular weight excluding hydrogens is 389 g/mol. The summed E-state index contributed by atoms with van der Waals surface area (Å²) in [6, 6.07) is 6.21. The molecule has 0 aliphatic rings. The molecule has 9 heteroatoms. The lowest BCUT2D eigenvalue weighted by Crippen LogP contribution is -2.15. The molecule has 22 heavy (non-hydrogen) atoms. The number of aromatic nitrogens is 2. The first-order valence-corrected chi connectivity index (χ1v) is 6.94. The summed E-state index contributed by atoms with van der Waals surface area (Å²) in [5.74, 6) is -1.82. The molecule has 1 heterocycles. The Morgan fingerprint density at radius 3 is 2.32 bits per heavy atom. The average molecular weight is 396 g/mol. The minimum absolute atomic E-state index is 0.0981. The van der Waals surface area contributed by atoms with Crippen molar-refractivity contribution in [2.45, 2.75) is 13.1 Å². The Labute approximate surface area is 136 Å². The lowest BCUT2D eigenvalue weighted by Gasteiger charge is -2.13. The van der Waals surface area contributed by atoms with Crippen molar-refractivity contribution in [1.29, 1.82) is 0 Å². The number of alkyl halides is 3. The maximum absolute atomic E-state index is 12.9. The van der Waals surface area contributed by atoms with Crippen LogP contribution in [0.25, 0.3) is 11.3 Å². The highest BCUT2D eigenvalue weighted by Gasteiger charge is 2.39. The van der Waals surface area contributed by atoms with E-state index in [0.29, 0.717) is 10.6 Å². The molecule has 4 nitrogen and oxygen atoms in total. The van der Waals surface area contributed by atoms with E-state index in [-0.39, 0.29) is 10.3 Å². The van der Waals surface area contributed by atoms with E-state index in [0.717, 1.165) is 6.92 Å². The van der Waals surface area contributed by atoms with E-state index >= 15 is 0 Å². The van der Waals surface area contributed by atoms with E-state index in [1.807, 2.05) is 0 Å². The van der Waals surface area contributed by atoms with E-state index in [1.165, 1.54) is 0 Å². The normalized spacial score (nSPS) is 11.4. The van der Waals surface area contributed by atoms with Gasteiger partial charge in [-0.3, -0.25) is 4.79 Å². The number of carbonyl (C=O) groups excluding carboxylic acids is 1. The zero-order valence-corrected chi connectivity index (χ0v) is 13.3. The van der Waals surface area contributed by atoms with Crippen LogP contribution in [0.3, 0.4) is 0 Å². The second-order valence-corrected chi connectivity index (χ2v) is 5.30. The molecule has 1 aromatic carbocycles. The van der Waals surface area contributed by atoms with Crippen molar-refractivity contribution >= 4 is 33.5 Å². The lowest BCUT2D eigenvalue weighted by atomic mass is 10.1. The van der Waals surface area contributed by atoms with Crippen LogP contribution in [0.5, 0.6) is 5.88 Å². The molecule has 2 rings (SSSR count). The summed E-state index contributed by atoms with van der Waals surface area (Å²) in [4.78, 5) is 18.2. The molecule has 0 aliphatic carbocycles. The summed E-state index contributed by atoms with van der Waals surface area (Å²) < 4.78 is 43.2. The van der Waals surface area contributed by atoms with E-state index < -0.39 is 23.7 Å². The Balaban J connectivity index is 2.61. The summed E-state index contributed by atoms with van der Waals surface area (Å²) in [5, 5.41) is 0.458. The quantitative estimate of drug-likeness (QED) is 0.703. The van der Waals surface area contributed by atoms with Gasteiger partial charge in [-0.25, -0.2) is 9.97 Å². The van der Waals surface area contributed by atoms with Crippen LogP contribution in [0.4, 0.5) is 13.2 Å². The minimum Gasteiger partial charge on any atom is -0.405 e. The molecule has 0 saturated carbocycles. The Morgan fingerprint density at radius 2 is 1.82 bits per heavy atom. The van der Waals surface area contributed by atoms with Crippen molar-refractivity contribution in [2.75, 3.05) is 0 Å². The smallest absolute Gasteiger partial charge is 0.405 e. The lowest BCUT2D eigenvalue weighted by molar-refractivity contribution is -0.145. The van der Waals surface area contributed by atoms with Gasteiger partial charge in [-0.05, 0) is 28.1 Å². The van der Waals surface area contributed by atoms with E-state index in [9.17, 15) is 18.0 Å². The Kier molecular flexibility index (Phi) is 4.72. The van der Waals surface area contributed by atoms with Gasteiger partial charge in [-0.2, -0.15) is 13.2 Å². The Morgan fingerprint density at radius 1 is 1.23 bits per heavy atom. The average Bonchev–Trinajstić information content (AvgIpc) is 2.40. The predicted molar refractivity (Wildman–Crippen MR) is 76.5 cm³/mol. The SMILES string of the molecule is CC(=O)Oc1nc(-c2ccc(Cl)cc2)c(Br)nc1C(F)(F)F. The summed E-state index contributed by atoms with van der Waals surface area (Å²) in [6.45, 7) is 0.978. The van der Waals surface area contributed by atoms with Crippen molar-refractivity contribution in [3.63, 3.8) is 0 Å². The fourth-order valence-electron chi connectivity index (χ4n) is 1.58. The van der Waals surface area contributed by atoms with Crippen molar-refractivity contribution in [3.05, 3.63) is 39.6 Å². The van der Waals surface area contributed by atoms with Gasteiger partial charge in [0.25, 0.3) is 5.88 Å². The summed E-state index contributed by atoms with van der Waals surface area (Å²) in [7, 11) is 0. The molecule has 0 N–H and O–H groups in total. The molecule has 0 fully saturated rings. The monoisotopic (exact) mass is 394 g/mol. The van der Waals surface area contributed by atoms with Gasteiger partial charge in [-0.15, -0.1) is 0 Å². The van der Waals surface area contributed by atoms with Crippen LogP contribution in [-0.4, -0.2) is 15.9 Å². The maximum atomic E-state index is 12.9. The van der Waals surface area contributed by atoms with Crippen molar-refractivity contribution in [2.24, 2.45) is 0 Å². The molecule has 0 unspecified atom stereocenters. The third kappa shape index (κ3) is 3.75. The number of hydrogen-bond acceptors (Lipinski definition) is 4. The molecule has 0 saturated heterocycles. The first-order valence-electron chi connectivity index (χ1n) is 5.77.